The topological polar surface area (TPSA) is 50.2 Å². The molecule has 0 aromatic carbocycles. The van der Waals surface area contributed by atoms with Gasteiger partial charge in [0.25, 0.3) is 0 Å². The van der Waals surface area contributed by atoms with Gasteiger partial charge in [0, 0.05) is 71.1 Å². The number of nitrogens with zero attached hydrogens (tertiary/aromatic N) is 6. The summed E-state index contributed by atoms with van der Waals surface area (Å²) >= 11 is 0. The molecule has 156 valence electrons. The molecule has 1 atom stereocenters. The Morgan fingerprint density at radius 3 is 2.43 bits per heavy atom. The lowest BCUT2D eigenvalue weighted by Crippen LogP contribution is -2.53. The fourth-order valence-corrected chi connectivity index (χ4v) is 3.97. The zero-order valence-corrected chi connectivity index (χ0v) is 17.8. The summed E-state index contributed by atoms with van der Waals surface area (Å²) in [5.74, 6) is 2.13. The Morgan fingerprint density at radius 2 is 1.82 bits per heavy atom. The second-order valence-electron chi connectivity index (χ2n) is 7.68. The standard InChI is InChI=1S/C21H37N7/c1-4-22-21(24-18-19(3)26-12-10-25(5-2)11-13-26)28-16-14-27(15-17-28)20-8-6-7-9-23-20/h6-9,19H,4-5,10-18H2,1-3H3,(H,22,24). The van der Waals surface area contributed by atoms with Crippen LogP contribution < -0.4 is 10.2 Å². The summed E-state index contributed by atoms with van der Waals surface area (Å²) in [6.45, 7) is 18.2. The quantitative estimate of drug-likeness (QED) is 0.585. The summed E-state index contributed by atoms with van der Waals surface area (Å²) in [7, 11) is 0. The Hall–Kier alpha value is -1.86. The molecule has 0 amide bonds. The number of aromatic nitrogens is 1. The van der Waals surface area contributed by atoms with Crippen LogP contribution in [-0.2, 0) is 0 Å². The van der Waals surface area contributed by atoms with E-state index in [0.29, 0.717) is 6.04 Å². The highest BCUT2D eigenvalue weighted by Crippen LogP contribution is 2.13. The molecule has 2 aliphatic rings. The van der Waals surface area contributed by atoms with Gasteiger partial charge in [-0.1, -0.05) is 13.0 Å². The van der Waals surface area contributed by atoms with Gasteiger partial charge in [-0.3, -0.25) is 9.89 Å². The van der Waals surface area contributed by atoms with Crippen LogP contribution in [0.2, 0.25) is 0 Å². The summed E-state index contributed by atoms with van der Waals surface area (Å²) < 4.78 is 0. The molecule has 0 radical (unpaired) electrons. The van der Waals surface area contributed by atoms with E-state index in [-0.39, 0.29) is 0 Å². The number of piperazine rings is 2. The lowest BCUT2D eigenvalue weighted by molar-refractivity contribution is 0.109. The molecule has 3 rings (SSSR count). The van der Waals surface area contributed by atoms with Gasteiger partial charge < -0.3 is 20.0 Å². The van der Waals surface area contributed by atoms with Gasteiger partial charge in [0.05, 0.1) is 6.54 Å². The fraction of sp³-hybridized carbons (Fsp3) is 0.714. The second-order valence-corrected chi connectivity index (χ2v) is 7.68. The van der Waals surface area contributed by atoms with Crippen molar-refractivity contribution in [2.45, 2.75) is 26.8 Å². The van der Waals surface area contributed by atoms with Crippen molar-refractivity contribution in [3.63, 3.8) is 0 Å². The monoisotopic (exact) mass is 387 g/mol. The molecular weight excluding hydrogens is 350 g/mol. The molecule has 1 N–H and O–H groups in total. The Morgan fingerprint density at radius 1 is 1.07 bits per heavy atom. The summed E-state index contributed by atoms with van der Waals surface area (Å²) in [6.07, 6.45) is 1.87. The smallest absolute Gasteiger partial charge is 0.194 e. The molecule has 7 nitrogen and oxygen atoms in total. The van der Waals surface area contributed by atoms with Gasteiger partial charge in [0.1, 0.15) is 5.82 Å². The van der Waals surface area contributed by atoms with Crippen LogP contribution >= 0.6 is 0 Å². The van der Waals surface area contributed by atoms with E-state index < -0.39 is 0 Å². The first-order valence-corrected chi connectivity index (χ1v) is 10.9. The minimum Gasteiger partial charge on any atom is -0.357 e. The summed E-state index contributed by atoms with van der Waals surface area (Å²) in [4.78, 5) is 19.3. The second kappa shape index (κ2) is 10.6. The molecule has 2 fully saturated rings. The molecule has 2 saturated heterocycles. The highest BCUT2D eigenvalue weighted by Gasteiger charge is 2.22. The van der Waals surface area contributed by atoms with Gasteiger partial charge in [-0.15, -0.1) is 0 Å². The van der Waals surface area contributed by atoms with Crippen LogP contribution in [0.25, 0.3) is 0 Å². The molecule has 0 aliphatic carbocycles. The number of anilines is 1. The predicted octanol–water partition coefficient (Wildman–Crippen LogP) is 1.20. The molecule has 28 heavy (non-hydrogen) atoms. The van der Waals surface area contributed by atoms with Gasteiger partial charge in [0.15, 0.2) is 5.96 Å². The van der Waals surface area contributed by atoms with Crippen molar-refractivity contribution in [2.75, 3.05) is 76.9 Å². The van der Waals surface area contributed by atoms with Crippen molar-refractivity contribution in [3.8, 4) is 0 Å². The lowest BCUT2D eigenvalue weighted by atomic mass is 10.2. The van der Waals surface area contributed by atoms with Crippen LogP contribution in [0.3, 0.4) is 0 Å². The van der Waals surface area contributed by atoms with E-state index in [9.17, 15) is 0 Å². The number of hydrogen-bond acceptors (Lipinski definition) is 5. The molecule has 1 unspecified atom stereocenters. The van der Waals surface area contributed by atoms with Crippen molar-refractivity contribution in [1.29, 1.82) is 0 Å². The third-order valence-corrected chi connectivity index (χ3v) is 5.87. The van der Waals surface area contributed by atoms with Crippen LogP contribution in [0.15, 0.2) is 29.4 Å². The van der Waals surface area contributed by atoms with Gasteiger partial charge in [0.2, 0.25) is 0 Å². The molecular formula is C21H37N7. The average Bonchev–Trinajstić information content (AvgIpc) is 2.77. The largest absolute Gasteiger partial charge is 0.357 e. The average molecular weight is 388 g/mol. The Kier molecular flexibility index (Phi) is 7.91. The van der Waals surface area contributed by atoms with Crippen LogP contribution in [0, 0.1) is 0 Å². The normalized spacial score (nSPS) is 21.0. The molecule has 7 heteroatoms. The van der Waals surface area contributed by atoms with E-state index in [1.165, 1.54) is 13.1 Å². The first-order chi connectivity index (χ1) is 13.7. The van der Waals surface area contributed by atoms with Gasteiger partial charge >= 0.3 is 0 Å². The SMILES string of the molecule is CCNC(=NCC(C)N1CCN(CC)CC1)N1CCN(c2ccccn2)CC1. The molecule has 0 spiro atoms. The number of hydrogen-bond donors (Lipinski definition) is 1. The van der Waals surface area contributed by atoms with Gasteiger partial charge in [-0.05, 0) is 32.5 Å². The van der Waals surface area contributed by atoms with Crippen molar-refractivity contribution >= 4 is 11.8 Å². The molecule has 1 aromatic heterocycles. The van der Waals surface area contributed by atoms with Crippen LogP contribution in [0.5, 0.6) is 0 Å². The number of guanidine groups is 1. The van der Waals surface area contributed by atoms with Crippen LogP contribution in [0.1, 0.15) is 20.8 Å². The number of pyridine rings is 1. The van der Waals surface area contributed by atoms with Gasteiger partial charge in [-0.2, -0.15) is 0 Å². The minimum atomic E-state index is 0.488. The number of nitrogens with one attached hydrogen (secondary N) is 1. The first-order valence-electron chi connectivity index (χ1n) is 10.9. The van der Waals surface area contributed by atoms with Crippen molar-refractivity contribution < 1.29 is 0 Å². The maximum absolute atomic E-state index is 4.99. The number of aliphatic imine (C=N–C) groups is 1. The molecule has 0 saturated carbocycles. The molecule has 3 heterocycles. The minimum absolute atomic E-state index is 0.488. The van der Waals surface area contributed by atoms with Crippen LogP contribution in [0.4, 0.5) is 5.82 Å². The molecule has 0 bridgehead atoms. The maximum atomic E-state index is 4.99. The Bertz CT molecular complexity index is 590. The van der Waals surface area contributed by atoms with E-state index in [4.69, 9.17) is 4.99 Å². The highest BCUT2D eigenvalue weighted by molar-refractivity contribution is 5.80. The van der Waals surface area contributed by atoms with Crippen molar-refractivity contribution in [3.05, 3.63) is 24.4 Å². The van der Waals surface area contributed by atoms with E-state index in [1.807, 2.05) is 12.3 Å². The Labute approximate surface area is 170 Å². The fourth-order valence-electron chi connectivity index (χ4n) is 3.97. The van der Waals surface area contributed by atoms with E-state index in [1.54, 1.807) is 0 Å². The summed E-state index contributed by atoms with van der Waals surface area (Å²) in [5.41, 5.74) is 0. The van der Waals surface area contributed by atoms with Gasteiger partial charge in [-0.25, -0.2) is 4.98 Å². The Balaban J connectivity index is 1.51. The molecule has 2 aliphatic heterocycles. The van der Waals surface area contributed by atoms with E-state index in [0.717, 1.165) is 70.7 Å². The first kappa shape index (κ1) is 20.9. The van der Waals surface area contributed by atoms with Crippen molar-refractivity contribution in [1.82, 2.24) is 25.0 Å². The predicted molar refractivity (Wildman–Crippen MR) is 117 cm³/mol. The summed E-state index contributed by atoms with van der Waals surface area (Å²) in [6, 6.07) is 6.61. The third-order valence-electron chi connectivity index (χ3n) is 5.87. The molecule has 1 aromatic rings. The number of likely N-dealkylation sites (N-methyl/N-ethyl adjacent to an activating group) is 1. The van der Waals surface area contributed by atoms with Crippen molar-refractivity contribution in [2.24, 2.45) is 4.99 Å². The van der Waals surface area contributed by atoms with Crippen LogP contribution in [-0.4, -0.2) is 104 Å². The zero-order valence-electron chi connectivity index (χ0n) is 17.8. The number of rotatable bonds is 6. The summed E-state index contributed by atoms with van der Waals surface area (Å²) in [5, 5.41) is 3.50. The van der Waals surface area contributed by atoms with E-state index in [2.05, 4.69) is 62.8 Å². The maximum Gasteiger partial charge on any atom is 0.194 e. The third kappa shape index (κ3) is 5.58. The highest BCUT2D eigenvalue weighted by atomic mass is 15.4. The zero-order chi connectivity index (χ0) is 19.8. The lowest BCUT2D eigenvalue weighted by Gasteiger charge is -2.38. The van der Waals surface area contributed by atoms with E-state index >= 15 is 0 Å².